The number of rotatable bonds is 10. The number of hydrogen-bond acceptors (Lipinski definition) is 8. The van der Waals surface area contributed by atoms with Gasteiger partial charge in [0, 0.05) is 6.04 Å². The van der Waals surface area contributed by atoms with Crippen molar-refractivity contribution in [2.45, 2.75) is 64.4 Å². The molecule has 0 saturated carbocycles. The number of halogens is 12. The van der Waals surface area contributed by atoms with Crippen molar-refractivity contribution in [1.29, 1.82) is 0 Å². The van der Waals surface area contributed by atoms with Crippen LogP contribution in [0.15, 0.2) is 0 Å². The fraction of sp³-hybridized carbons (Fsp3) is 0.789. The van der Waals surface area contributed by atoms with Gasteiger partial charge in [0.05, 0.1) is 0 Å². The summed E-state index contributed by atoms with van der Waals surface area (Å²) in [6, 6.07) is 0.576. The van der Waals surface area contributed by atoms with Gasteiger partial charge in [-0.25, -0.2) is 9.59 Å². The van der Waals surface area contributed by atoms with Crippen LogP contribution in [0, 0.1) is 0 Å². The van der Waals surface area contributed by atoms with Gasteiger partial charge < -0.3 is 42.5 Å². The lowest BCUT2D eigenvalue weighted by Crippen LogP contribution is -2.32. The van der Waals surface area contributed by atoms with Crippen LogP contribution >= 0.6 is 0 Å². The van der Waals surface area contributed by atoms with Crippen molar-refractivity contribution >= 4 is 24.9 Å². The topological polar surface area (TPSA) is 225 Å². The summed E-state index contributed by atoms with van der Waals surface area (Å²) < 4.78 is 126. The van der Waals surface area contributed by atoms with Crippen LogP contribution in [0.3, 0.4) is 0 Å². The number of carbonyl (C=O) groups is 4. The predicted molar refractivity (Wildman–Crippen MR) is 126 cm³/mol. The zero-order valence-corrected chi connectivity index (χ0v) is 21.5. The molecule has 0 amide bonds. The van der Waals surface area contributed by atoms with Gasteiger partial charge >= 0.3 is 36.6 Å². The summed E-state index contributed by atoms with van der Waals surface area (Å²) in [5.41, 5.74) is 10.8. The van der Waals surface area contributed by atoms with E-state index in [4.69, 9.17) is 51.1 Å². The molecule has 43 heavy (non-hydrogen) atoms. The van der Waals surface area contributed by atoms with Crippen molar-refractivity contribution in [2.24, 2.45) is 11.5 Å². The second-order valence-electron chi connectivity index (χ2n) is 6.49. The molecule has 0 rings (SSSR count). The Labute approximate surface area is 237 Å². The Kier molecular flexibility index (Phi) is 41.2. The van der Waals surface area contributed by atoms with Gasteiger partial charge in [0.1, 0.15) is 0 Å². The first-order chi connectivity index (χ1) is 18.8. The fourth-order valence-corrected chi connectivity index (χ4v) is 1.22. The Balaban J connectivity index is -0.0000000779. The van der Waals surface area contributed by atoms with Crippen molar-refractivity contribution in [3.8, 4) is 0 Å². The first-order valence-electron chi connectivity index (χ1n) is 10.5. The zero-order valence-electron chi connectivity index (χ0n) is 21.5. The summed E-state index contributed by atoms with van der Waals surface area (Å²) in [5, 5.41) is 34.8. The average Bonchev–Trinajstić information content (AvgIpc) is 2.79. The van der Waals surface area contributed by atoms with Crippen LogP contribution < -0.4 is 22.1 Å². The number of aliphatic carboxylic acids is 2. The van der Waals surface area contributed by atoms with E-state index in [2.05, 4.69) is 17.6 Å². The largest absolute Gasteiger partial charge is 0.490 e. The van der Waals surface area contributed by atoms with E-state index in [9.17, 15) is 52.7 Å². The molecule has 0 aromatic rings. The highest BCUT2D eigenvalue weighted by atomic mass is 19.5. The maximum atomic E-state index is 10.6. The van der Waals surface area contributed by atoms with Crippen molar-refractivity contribution in [2.75, 3.05) is 32.7 Å². The fourth-order valence-electron chi connectivity index (χ4n) is 1.22. The van der Waals surface area contributed by atoms with E-state index in [0.717, 1.165) is 52.0 Å². The Morgan fingerprint density at radius 2 is 0.953 bits per heavy atom. The second kappa shape index (κ2) is 31.8. The Bertz CT molecular complexity index is 622. The Morgan fingerprint density at radius 3 is 1.16 bits per heavy atom. The van der Waals surface area contributed by atoms with Crippen LogP contribution in [-0.2, 0) is 19.2 Å². The van der Waals surface area contributed by atoms with E-state index in [0.29, 0.717) is 6.04 Å². The average molecular weight is 676 g/mol. The number of carboxylic acids is 2. The lowest BCUT2D eigenvalue weighted by atomic mass is 10.2. The maximum absolute atomic E-state index is 10.6. The number of carboxylic acid groups (broad SMARTS) is 4. The molecule has 0 aromatic heterocycles. The lowest BCUT2D eigenvalue weighted by Gasteiger charge is -2.13. The summed E-state index contributed by atoms with van der Waals surface area (Å²) in [6.07, 6.45) is -19.0. The minimum Gasteiger partial charge on any atom is -0.483 e. The quantitative estimate of drug-likeness (QED) is 0.0950. The third-order valence-corrected chi connectivity index (χ3v) is 2.99. The van der Waals surface area contributed by atoms with Crippen molar-refractivity contribution in [3.63, 3.8) is 0 Å². The molecule has 0 spiro atoms. The van der Waals surface area contributed by atoms with Gasteiger partial charge in [0.2, 0.25) is 0 Å². The standard InChI is InChI=1S/C10H26N4.C2F6.2C2HF3O2.2CH2O2.CH4/c1-10(14-8-3-6-12)4-9-13-7-2-5-11;3-1(4,5)2(6,7)8;2*3-2(4,5)1(6)7;2*2-1-3;/h10,13-14H,2-9,11-12H2,1H3;;2*(H,6,7);2*1H,(H,2,3);1H4. The summed E-state index contributed by atoms with van der Waals surface area (Å²) in [7, 11) is 0. The molecule has 12 nitrogen and oxygen atoms in total. The molecule has 0 heterocycles. The summed E-state index contributed by atoms with van der Waals surface area (Å²) in [4.78, 5) is 34.5. The maximum Gasteiger partial charge on any atom is 0.490 e. The lowest BCUT2D eigenvalue weighted by molar-refractivity contribution is -0.339. The van der Waals surface area contributed by atoms with Crippen molar-refractivity contribution in [1.82, 2.24) is 10.6 Å². The number of alkyl halides is 12. The van der Waals surface area contributed by atoms with E-state index in [-0.39, 0.29) is 20.4 Å². The predicted octanol–water partition coefficient (Wildman–Crippen LogP) is 3.06. The minimum absolute atomic E-state index is 0. The highest BCUT2D eigenvalue weighted by Gasteiger charge is 2.58. The van der Waals surface area contributed by atoms with E-state index in [1.807, 2.05) is 0 Å². The van der Waals surface area contributed by atoms with Crippen molar-refractivity contribution < 1.29 is 92.3 Å². The first kappa shape index (κ1) is 55.8. The third-order valence-electron chi connectivity index (χ3n) is 2.99. The monoisotopic (exact) mass is 676 g/mol. The van der Waals surface area contributed by atoms with Crippen LogP contribution in [0.1, 0.15) is 33.6 Å². The van der Waals surface area contributed by atoms with Crippen LogP contribution in [-0.4, -0.2) is 109 Å². The van der Waals surface area contributed by atoms with E-state index in [1.165, 1.54) is 0 Å². The Morgan fingerprint density at radius 1 is 0.698 bits per heavy atom. The van der Waals surface area contributed by atoms with E-state index in [1.54, 1.807) is 0 Å². The smallest absolute Gasteiger partial charge is 0.483 e. The van der Waals surface area contributed by atoms with Gasteiger partial charge in [0.15, 0.2) is 0 Å². The molecule has 264 valence electrons. The van der Waals surface area contributed by atoms with Gasteiger partial charge in [-0.2, -0.15) is 52.7 Å². The zero-order chi connectivity index (χ0) is 35.2. The van der Waals surface area contributed by atoms with E-state index < -0.39 is 36.6 Å². The van der Waals surface area contributed by atoms with Crippen LogP contribution in [0.2, 0.25) is 0 Å². The minimum atomic E-state index is -6.06. The number of hydrogen-bond donors (Lipinski definition) is 8. The van der Waals surface area contributed by atoms with Crippen LogP contribution in [0.25, 0.3) is 0 Å². The number of nitrogens with one attached hydrogen (secondary N) is 2. The molecule has 0 radical (unpaired) electrons. The molecule has 10 N–H and O–H groups in total. The van der Waals surface area contributed by atoms with Gasteiger partial charge in [-0.1, -0.05) is 7.43 Å². The first-order valence-corrected chi connectivity index (χ1v) is 10.5. The molecule has 0 saturated heterocycles. The molecule has 0 bridgehead atoms. The van der Waals surface area contributed by atoms with E-state index >= 15 is 0 Å². The highest BCUT2D eigenvalue weighted by Crippen LogP contribution is 2.35. The Hall–Kier alpha value is -3.12. The molecule has 1 atom stereocenters. The summed E-state index contributed by atoms with van der Waals surface area (Å²) in [6.45, 7) is 6.39. The van der Waals surface area contributed by atoms with Crippen LogP contribution in [0.5, 0.6) is 0 Å². The third kappa shape index (κ3) is 59.2. The summed E-state index contributed by atoms with van der Waals surface area (Å²) >= 11 is 0. The molecule has 24 heteroatoms. The van der Waals surface area contributed by atoms with Crippen LogP contribution in [0.4, 0.5) is 52.7 Å². The summed E-state index contributed by atoms with van der Waals surface area (Å²) in [5.74, 6) is -5.51. The molecular formula is C19H36F12N4O8. The van der Waals surface area contributed by atoms with Gasteiger partial charge in [-0.05, 0) is 58.9 Å². The normalized spacial score (nSPS) is 11.1. The van der Waals surface area contributed by atoms with Gasteiger partial charge in [-0.15, -0.1) is 0 Å². The SMILES string of the molecule is C.CC(CCNCCCN)NCCCN.FC(F)(F)C(F)(F)F.O=C(O)C(F)(F)F.O=C(O)C(F)(F)F.O=CO.O=CO. The molecule has 1 unspecified atom stereocenters. The molecule has 0 aliphatic heterocycles. The van der Waals surface area contributed by atoms with Gasteiger partial charge in [0.25, 0.3) is 12.9 Å². The molecule has 0 aliphatic rings. The molecule has 0 aromatic carbocycles. The molecular weight excluding hydrogens is 640 g/mol. The molecule has 0 aliphatic carbocycles. The molecule has 0 fully saturated rings. The van der Waals surface area contributed by atoms with Gasteiger partial charge in [-0.3, -0.25) is 9.59 Å². The number of nitrogens with two attached hydrogens (primary N) is 2. The highest BCUT2D eigenvalue weighted by molar-refractivity contribution is 5.73. The second-order valence-corrected chi connectivity index (χ2v) is 6.49. The van der Waals surface area contributed by atoms with Crippen molar-refractivity contribution in [3.05, 3.63) is 0 Å².